The van der Waals surface area contributed by atoms with E-state index < -0.39 is 0 Å². The highest BCUT2D eigenvalue weighted by Gasteiger charge is 2.08. The maximum absolute atomic E-state index is 11.7. The van der Waals surface area contributed by atoms with Crippen LogP contribution in [0.4, 0.5) is 5.13 Å². The number of hydrogen-bond donors (Lipinski definition) is 1. The molecule has 0 bridgehead atoms. The average molecular weight is 262 g/mol. The smallest absolute Gasteiger partial charge is 0.240 e. The number of benzene rings is 1. The van der Waals surface area contributed by atoms with Crippen LogP contribution in [0.2, 0.25) is 0 Å². The molecular formula is C12H14N4OS. The molecule has 1 amide bonds. The van der Waals surface area contributed by atoms with E-state index in [0.29, 0.717) is 11.7 Å². The molecule has 0 atom stereocenters. The van der Waals surface area contributed by atoms with Gasteiger partial charge in [0.15, 0.2) is 0 Å². The third kappa shape index (κ3) is 3.90. The third-order valence-electron chi connectivity index (χ3n) is 2.32. The quantitative estimate of drug-likeness (QED) is 0.889. The van der Waals surface area contributed by atoms with Gasteiger partial charge >= 0.3 is 0 Å². The summed E-state index contributed by atoms with van der Waals surface area (Å²) < 4.78 is 0. The summed E-state index contributed by atoms with van der Waals surface area (Å²) in [6, 6.07) is 10.0. The lowest BCUT2D eigenvalue weighted by atomic mass is 10.2. The number of carbonyl (C=O) groups is 1. The minimum Gasteiger partial charge on any atom is -0.299 e. The minimum absolute atomic E-state index is 0.0785. The Morgan fingerprint density at radius 2 is 2.17 bits per heavy atom. The molecule has 1 aromatic heterocycles. The largest absolute Gasteiger partial charge is 0.299 e. The lowest BCUT2D eigenvalue weighted by Gasteiger charge is -2.15. The highest BCUT2D eigenvalue weighted by Crippen LogP contribution is 2.08. The highest BCUT2D eigenvalue weighted by atomic mass is 32.1. The van der Waals surface area contributed by atoms with Crippen molar-refractivity contribution in [1.29, 1.82) is 0 Å². The summed E-state index contributed by atoms with van der Waals surface area (Å²) in [7, 11) is 1.91. The van der Waals surface area contributed by atoms with Gasteiger partial charge in [-0.15, -0.1) is 10.2 Å². The van der Waals surface area contributed by atoms with Crippen molar-refractivity contribution in [2.75, 3.05) is 18.9 Å². The molecule has 0 aliphatic rings. The second-order valence-electron chi connectivity index (χ2n) is 3.95. The number of carbonyl (C=O) groups excluding carboxylic acids is 1. The fourth-order valence-electron chi connectivity index (χ4n) is 1.58. The first-order valence-corrected chi connectivity index (χ1v) is 6.40. The van der Waals surface area contributed by atoms with Gasteiger partial charge in [0.2, 0.25) is 11.0 Å². The van der Waals surface area contributed by atoms with Gasteiger partial charge in [-0.25, -0.2) is 0 Å². The SMILES string of the molecule is CN(CC(=O)Nc1nncs1)Cc1ccccc1. The summed E-state index contributed by atoms with van der Waals surface area (Å²) in [5.74, 6) is -0.0785. The zero-order valence-corrected chi connectivity index (χ0v) is 10.9. The Balaban J connectivity index is 1.80. The summed E-state index contributed by atoms with van der Waals surface area (Å²) in [5, 5.41) is 10.7. The van der Waals surface area contributed by atoms with E-state index in [2.05, 4.69) is 15.5 Å². The van der Waals surface area contributed by atoms with Crippen LogP contribution >= 0.6 is 11.3 Å². The van der Waals surface area contributed by atoms with Gasteiger partial charge in [-0.1, -0.05) is 41.7 Å². The number of rotatable bonds is 5. The summed E-state index contributed by atoms with van der Waals surface area (Å²) in [5.41, 5.74) is 2.77. The summed E-state index contributed by atoms with van der Waals surface area (Å²) in [6.45, 7) is 1.07. The van der Waals surface area contributed by atoms with Crippen LogP contribution in [0.1, 0.15) is 5.56 Å². The van der Waals surface area contributed by atoms with Crippen molar-refractivity contribution >= 4 is 22.4 Å². The van der Waals surface area contributed by atoms with Crippen LogP contribution in [0.5, 0.6) is 0 Å². The molecule has 18 heavy (non-hydrogen) atoms. The first-order valence-electron chi connectivity index (χ1n) is 5.52. The maximum atomic E-state index is 11.7. The van der Waals surface area contributed by atoms with Gasteiger partial charge in [0.1, 0.15) is 5.51 Å². The number of amides is 1. The van der Waals surface area contributed by atoms with E-state index in [1.807, 2.05) is 42.3 Å². The third-order valence-corrected chi connectivity index (χ3v) is 2.92. The number of nitrogens with one attached hydrogen (secondary N) is 1. The van der Waals surface area contributed by atoms with Crippen LogP contribution in [-0.4, -0.2) is 34.6 Å². The Kier molecular flexibility index (Phi) is 4.38. The van der Waals surface area contributed by atoms with Crippen LogP contribution in [-0.2, 0) is 11.3 Å². The molecule has 5 nitrogen and oxygen atoms in total. The molecule has 0 fully saturated rings. The van der Waals surface area contributed by atoms with Crippen molar-refractivity contribution < 1.29 is 4.79 Å². The van der Waals surface area contributed by atoms with Crippen LogP contribution < -0.4 is 5.32 Å². The topological polar surface area (TPSA) is 58.1 Å². The summed E-state index contributed by atoms with van der Waals surface area (Å²) in [6.07, 6.45) is 0. The molecule has 0 spiro atoms. The molecule has 6 heteroatoms. The normalized spacial score (nSPS) is 10.6. The predicted octanol–water partition coefficient (Wildman–Crippen LogP) is 1.61. The van der Waals surface area contributed by atoms with Crippen molar-refractivity contribution in [3.63, 3.8) is 0 Å². The molecular weight excluding hydrogens is 248 g/mol. The van der Waals surface area contributed by atoms with E-state index in [0.717, 1.165) is 6.54 Å². The number of likely N-dealkylation sites (N-methyl/N-ethyl adjacent to an activating group) is 1. The van der Waals surface area contributed by atoms with E-state index in [-0.39, 0.29) is 5.91 Å². The molecule has 94 valence electrons. The Hall–Kier alpha value is -1.79. The van der Waals surface area contributed by atoms with Gasteiger partial charge < -0.3 is 0 Å². The van der Waals surface area contributed by atoms with E-state index in [9.17, 15) is 4.79 Å². The van der Waals surface area contributed by atoms with Crippen molar-refractivity contribution in [2.45, 2.75) is 6.54 Å². The molecule has 1 heterocycles. The zero-order valence-electron chi connectivity index (χ0n) is 10.0. The van der Waals surface area contributed by atoms with E-state index >= 15 is 0 Å². The molecule has 2 aromatic rings. The van der Waals surface area contributed by atoms with Gasteiger partial charge in [-0.05, 0) is 12.6 Å². The zero-order chi connectivity index (χ0) is 12.8. The molecule has 2 rings (SSSR count). The molecule has 0 saturated heterocycles. The Morgan fingerprint density at radius 1 is 1.39 bits per heavy atom. The fourth-order valence-corrected chi connectivity index (χ4v) is 2.04. The number of hydrogen-bond acceptors (Lipinski definition) is 5. The van der Waals surface area contributed by atoms with Gasteiger partial charge in [0, 0.05) is 6.54 Å². The van der Waals surface area contributed by atoms with Gasteiger partial charge in [-0.2, -0.15) is 0 Å². The van der Waals surface area contributed by atoms with Crippen molar-refractivity contribution in [1.82, 2.24) is 15.1 Å². The monoisotopic (exact) mass is 262 g/mol. The standard InChI is InChI=1S/C12H14N4OS/c1-16(7-10-5-3-2-4-6-10)8-11(17)14-12-15-13-9-18-12/h2-6,9H,7-8H2,1H3,(H,14,15,17). The lowest BCUT2D eigenvalue weighted by Crippen LogP contribution is -2.29. The predicted molar refractivity (Wildman–Crippen MR) is 71.3 cm³/mol. The molecule has 0 unspecified atom stereocenters. The second-order valence-corrected chi connectivity index (χ2v) is 4.78. The maximum Gasteiger partial charge on any atom is 0.240 e. The van der Waals surface area contributed by atoms with Crippen molar-refractivity contribution in [2.24, 2.45) is 0 Å². The van der Waals surface area contributed by atoms with Crippen LogP contribution in [0.15, 0.2) is 35.8 Å². The van der Waals surface area contributed by atoms with Crippen LogP contribution in [0, 0.1) is 0 Å². The van der Waals surface area contributed by atoms with Gasteiger partial charge in [-0.3, -0.25) is 15.0 Å². The van der Waals surface area contributed by atoms with Gasteiger partial charge in [0.25, 0.3) is 0 Å². The molecule has 1 N–H and O–H groups in total. The number of nitrogens with zero attached hydrogens (tertiary/aromatic N) is 3. The van der Waals surface area contributed by atoms with Crippen molar-refractivity contribution in [3.8, 4) is 0 Å². The van der Waals surface area contributed by atoms with E-state index in [1.54, 1.807) is 5.51 Å². The number of anilines is 1. The lowest BCUT2D eigenvalue weighted by molar-refractivity contribution is -0.117. The Labute approximate surface area is 109 Å². The fraction of sp³-hybridized carbons (Fsp3) is 0.250. The first kappa shape index (κ1) is 12.7. The Morgan fingerprint density at radius 3 is 2.83 bits per heavy atom. The summed E-state index contributed by atoms with van der Waals surface area (Å²) >= 11 is 1.31. The summed E-state index contributed by atoms with van der Waals surface area (Å²) in [4.78, 5) is 13.6. The second kappa shape index (κ2) is 6.23. The molecule has 0 aliphatic heterocycles. The first-order chi connectivity index (χ1) is 8.74. The van der Waals surface area contributed by atoms with Crippen LogP contribution in [0.3, 0.4) is 0 Å². The van der Waals surface area contributed by atoms with Crippen LogP contribution in [0.25, 0.3) is 0 Å². The van der Waals surface area contributed by atoms with Gasteiger partial charge in [0.05, 0.1) is 6.54 Å². The highest BCUT2D eigenvalue weighted by molar-refractivity contribution is 7.13. The van der Waals surface area contributed by atoms with E-state index in [1.165, 1.54) is 16.9 Å². The minimum atomic E-state index is -0.0785. The molecule has 1 aromatic carbocycles. The molecule has 0 saturated carbocycles. The number of aromatic nitrogens is 2. The molecule has 0 radical (unpaired) electrons. The molecule has 0 aliphatic carbocycles. The van der Waals surface area contributed by atoms with E-state index in [4.69, 9.17) is 0 Å². The Bertz CT molecular complexity index is 486. The van der Waals surface area contributed by atoms with Crippen molar-refractivity contribution in [3.05, 3.63) is 41.4 Å². The average Bonchev–Trinajstić information content (AvgIpc) is 2.82.